The van der Waals surface area contributed by atoms with Crippen LogP contribution in [0.1, 0.15) is 52.4 Å². The van der Waals surface area contributed by atoms with Gasteiger partial charge in [-0.3, -0.25) is 23.9 Å². The van der Waals surface area contributed by atoms with Crippen LogP contribution in [0.2, 0.25) is 0 Å². The number of carbonyl (C=O) groups excluding carboxylic acids is 1. The van der Waals surface area contributed by atoms with Crippen LogP contribution in [0.5, 0.6) is 0 Å². The fraction of sp³-hybridized carbons (Fsp3) is 0.917. The zero-order chi connectivity index (χ0) is 20.6. The van der Waals surface area contributed by atoms with E-state index >= 15 is 0 Å². The summed E-state index contributed by atoms with van der Waals surface area (Å²) in [7, 11) is -12.4. The maximum Gasteiger partial charge on any atom is 0.692 e. The quantitative estimate of drug-likeness (QED) is 0.240. The molecule has 2 atom stereocenters. The van der Waals surface area contributed by atoms with Gasteiger partial charge in [-0.25, -0.2) is 0 Å². The summed E-state index contributed by atoms with van der Waals surface area (Å²) in [6, 6.07) is 0. The van der Waals surface area contributed by atoms with Crippen LogP contribution in [0, 0.1) is 0 Å². The number of amides is 1. The van der Waals surface area contributed by atoms with Crippen molar-refractivity contribution in [3.05, 3.63) is 0 Å². The Morgan fingerprint density at radius 3 is 2.19 bits per heavy atom. The van der Waals surface area contributed by atoms with Crippen LogP contribution in [0.15, 0.2) is 0 Å². The largest absolute Gasteiger partial charge is 0.692 e. The third-order valence-corrected chi connectivity index (χ3v) is 9.26. The predicted molar refractivity (Wildman–Crippen MR) is 95.4 cm³/mol. The number of hydrogen-bond donors (Lipinski definition) is 6. The first-order valence-electron chi connectivity index (χ1n) is 8.16. The lowest BCUT2D eigenvalue weighted by atomic mass is 10.2. The van der Waals surface area contributed by atoms with Crippen LogP contribution >= 0.6 is 23.4 Å². The molecular weight excluding hydrogens is 409 g/mol. The average molecular weight is 437 g/mol. The molecule has 0 radical (unpaired) electrons. The highest BCUT2D eigenvalue weighted by Gasteiger charge is 2.65. The Labute approximate surface area is 153 Å². The van der Waals surface area contributed by atoms with Crippen molar-refractivity contribution in [3.8, 4) is 0 Å². The molecule has 0 aliphatic carbocycles. The molecule has 1 aliphatic heterocycles. The molecule has 0 aromatic rings. The first kappa shape index (κ1) is 25.8. The van der Waals surface area contributed by atoms with Gasteiger partial charge in [0.15, 0.2) is 0 Å². The van der Waals surface area contributed by atoms with Crippen molar-refractivity contribution in [2.75, 3.05) is 13.1 Å². The number of unbranched alkanes of at least 4 members (excludes halogenated alkanes) is 2. The SMILES string of the molecule is CCCCNC1(P(=O)(O)O)CCC(=O)N(CCCC)P1(=O)O.O=[P+](O)O. The Morgan fingerprint density at radius 2 is 1.77 bits per heavy atom. The topological polar surface area (TPSA) is 185 Å². The summed E-state index contributed by atoms with van der Waals surface area (Å²) in [5.41, 5.74) is 0. The third kappa shape index (κ3) is 6.44. The molecule has 1 aliphatic rings. The molecule has 1 amide bonds. The summed E-state index contributed by atoms with van der Waals surface area (Å²) in [6.07, 6.45) is 2.11. The lowest BCUT2D eigenvalue weighted by Crippen LogP contribution is -2.53. The molecule has 0 bridgehead atoms. The maximum atomic E-state index is 12.9. The molecule has 154 valence electrons. The first-order valence-corrected chi connectivity index (χ1v) is 12.6. The highest BCUT2D eigenvalue weighted by Crippen LogP contribution is 2.74. The van der Waals surface area contributed by atoms with Crippen LogP contribution in [0.3, 0.4) is 0 Å². The zero-order valence-corrected chi connectivity index (χ0v) is 17.5. The van der Waals surface area contributed by atoms with E-state index in [1.54, 1.807) is 0 Å². The predicted octanol–water partition coefficient (Wildman–Crippen LogP) is 1.44. The van der Waals surface area contributed by atoms with Gasteiger partial charge in [0.1, 0.15) is 0 Å². The molecule has 6 N–H and O–H groups in total. The Morgan fingerprint density at radius 1 is 1.27 bits per heavy atom. The zero-order valence-electron chi connectivity index (χ0n) is 14.8. The van der Waals surface area contributed by atoms with Crippen LogP contribution in [0.25, 0.3) is 0 Å². The van der Waals surface area contributed by atoms with Crippen LogP contribution < -0.4 is 5.32 Å². The van der Waals surface area contributed by atoms with Gasteiger partial charge in [0, 0.05) is 17.5 Å². The summed E-state index contributed by atoms with van der Waals surface area (Å²) < 4.78 is 34.4. The number of nitrogens with one attached hydrogen (secondary N) is 1. The molecule has 0 aromatic heterocycles. The van der Waals surface area contributed by atoms with E-state index in [1.807, 2.05) is 13.8 Å². The number of carbonyl (C=O) groups is 1. The van der Waals surface area contributed by atoms with Gasteiger partial charge in [0.2, 0.25) is 10.9 Å². The smallest absolute Gasteiger partial charge is 0.327 e. The van der Waals surface area contributed by atoms with Gasteiger partial charge < -0.3 is 14.7 Å². The Bertz CT molecular complexity index is 578. The molecule has 11 nitrogen and oxygen atoms in total. The Balaban J connectivity index is 0.00000141. The molecule has 0 saturated carbocycles. The molecule has 0 spiro atoms. The fourth-order valence-electron chi connectivity index (χ4n) is 2.55. The lowest BCUT2D eigenvalue weighted by molar-refractivity contribution is -0.128. The van der Waals surface area contributed by atoms with Gasteiger partial charge in [-0.05, 0) is 25.8 Å². The second-order valence-electron chi connectivity index (χ2n) is 5.81. The van der Waals surface area contributed by atoms with Gasteiger partial charge in [-0.1, -0.05) is 26.7 Å². The van der Waals surface area contributed by atoms with Crippen LogP contribution in [-0.4, -0.2) is 53.2 Å². The van der Waals surface area contributed by atoms with E-state index in [2.05, 4.69) is 5.32 Å². The summed E-state index contributed by atoms with van der Waals surface area (Å²) in [5.74, 6) is -0.527. The minimum absolute atomic E-state index is 0.0281. The summed E-state index contributed by atoms with van der Waals surface area (Å²) in [6.45, 7) is 4.01. The van der Waals surface area contributed by atoms with Crippen LogP contribution in [0.4, 0.5) is 0 Å². The van der Waals surface area contributed by atoms with Gasteiger partial charge in [0.05, 0.1) is 0 Å². The van der Waals surface area contributed by atoms with E-state index in [1.165, 1.54) is 0 Å². The molecule has 14 heteroatoms. The molecule has 0 aromatic carbocycles. The third-order valence-electron chi connectivity index (χ3n) is 3.93. The molecule has 2 unspecified atom stereocenters. The molecule has 1 saturated heterocycles. The van der Waals surface area contributed by atoms with E-state index in [0.717, 1.165) is 11.1 Å². The van der Waals surface area contributed by atoms with Crippen molar-refractivity contribution in [2.24, 2.45) is 0 Å². The van der Waals surface area contributed by atoms with Gasteiger partial charge >= 0.3 is 23.4 Å². The van der Waals surface area contributed by atoms with Crippen molar-refractivity contribution in [1.29, 1.82) is 0 Å². The molecule has 26 heavy (non-hydrogen) atoms. The van der Waals surface area contributed by atoms with Gasteiger partial charge in [0.25, 0.3) is 0 Å². The normalized spacial score (nSPS) is 26.3. The highest BCUT2D eigenvalue weighted by molar-refractivity contribution is 7.74. The standard InChI is InChI=1S/C12H26N2O6P2.HO3P/c1-3-5-9-13-12(22(18,19)20)8-7-11(15)14(10-6-4-2)21(12,16)17;1-4(2)3/h13H,3-10H2,1-2H3,(H,16,17)(H2,18,19,20);(H-,1,2,3)/p+1. The highest BCUT2D eigenvalue weighted by atomic mass is 31.2. The Hall–Kier alpha value is -0.210. The second-order valence-corrected chi connectivity index (χ2v) is 10.9. The maximum absolute atomic E-state index is 12.9. The second kappa shape index (κ2) is 11.0. The number of nitrogens with zero attached hydrogens (tertiary/aromatic N) is 1. The average Bonchev–Trinajstić information content (AvgIpc) is 2.47. The van der Waals surface area contributed by atoms with E-state index in [9.17, 15) is 28.6 Å². The summed E-state index contributed by atoms with van der Waals surface area (Å²) in [4.78, 5) is 56.2. The van der Waals surface area contributed by atoms with Crippen molar-refractivity contribution < 1.29 is 43.0 Å². The van der Waals surface area contributed by atoms with E-state index in [-0.39, 0.29) is 25.9 Å². The minimum atomic E-state index is -4.95. The minimum Gasteiger partial charge on any atom is -0.327 e. The summed E-state index contributed by atoms with van der Waals surface area (Å²) >= 11 is 0. The van der Waals surface area contributed by atoms with Crippen molar-refractivity contribution in [1.82, 2.24) is 9.99 Å². The van der Waals surface area contributed by atoms with Crippen molar-refractivity contribution >= 4 is 29.3 Å². The van der Waals surface area contributed by atoms with Crippen molar-refractivity contribution in [2.45, 2.75) is 57.4 Å². The molecule has 1 fully saturated rings. The van der Waals surface area contributed by atoms with Crippen molar-refractivity contribution in [3.63, 3.8) is 0 Å². The van der Waals surface area contributed by atoms with Gasteiger partial charge in [-0.2, -0.15) is 0 Å². The first-order chi connectivity index (χ1) is 11.9. The van der Waals surface area contributed by atoms with Crippen LogP contribution in [-0.2, 0) is 18.5 Å². The number of hydrogen-bond acceptors (Lipinski definition) is 5. The molecule has 1 heterocycles. The van der Waals surface area contributed by atoms with E-state index in [4.69, 9.17) is 14.4 Å². The van der Waals surface area contributed by atoms with E-state index in [0.29, 0.717) is 19.3 Å². The fourth-order valence-corrected chi connectivity index (χ4v) is 6.89. The van der Waals surface area contributed by atoms with Gasteiger partial charge in [-0.15, -0.1) is 9.79 Å². The lowest BCUT2D eigenvalue weighted by Gasteiger charge is -2.46. The van der Waals surface area contributed by atoms with E-state index < -0.39 is 34.3 Å². The molecule has 1 rings (SSSR count). The summed E-state index contributed by atoms with van der Waals surface area (Å²) in [5, 5.41) is 0.370. The Kier molecular flexibility index (Phi) is 10.9. The monoisotopic (exact) mass is 437 g/mol. The number of rotatable bonds is 8. The molecular formula is C12H28N2O9P3+.